The lowest BCUT2D eigenvalue weighted by atomic mass is 10.4. The Morgan fingerprint density at radius 1 is 1.47 bits per heavy atom. The van der Waals surface area contributed by atoms with E-state index in [1.165, 1.54) is 0 Å². The zero-order chi connectivity index (χ0) is 11.3. The molecule has 0 radical (unpaired) electrons. The highest BCUT2D eigenvalue weighted by molar-refractivity contribution is 5.78. The largest absolute Gasteiger partial charge is 0.373 e. The molecule has 0 aliphatic heterocycles. The van der Waals surface area contributed by atoms with Crippen molar-refractivity contribution in [2.24, 2.45) is 5.73 Å². The number of hydrogen-bond donors (Lipinski definition) is 3. The molecule has 0 aliphatic carbocycles. The van der Waals surface area contributed by atoms with Crippen molar-refractivity contribution in [2.75, 3.05) is 24.2 Å². The Balaban J connectivity index is 2.81. The highest BCUT2D eigenvalue weighted by Gasteiger charge is 2.02. The molecule has 0 bridgehead atoms. The van der Waals surface area contributed by atoms with Crippen molar-refractivity contribution in [3.63, 3.8) is 0 Å². The molecule has 1 amide bonds. The first-order chi connectivity index (χ1) is 7.15. The van der Waals surface area contributed by atoms with E-state index in [9.17, 15) is 4.79 Å². The molecular formula is C9H15N5O. The van der Waals surface area contributed by atoms with Gasteiger partial charge in [0.25, 0.3) is 0 Å². The number of rotatable bonds is 5. The second-order valence-corrected chi connectivity index (χ2v) is 2.98. The van der Waals surface area contributed by atoms with E-state index < -0.39 is 5.91 Å². The van der Waals surface area contributed by atoms with Gasteiger partial charge in [-0.3, -0.25) is 4.79 Å². The third-order valence-corrected chi connectivity index (χ3v) is 1.79. The fourth-order valence-electron chi connectivity index (χ4n) is 1.05. The fourth-order valence-corrected chi connectivity index (χ4v) is 1.05. The van der Waals surface area contributed by atoms with Gasteiger partial charge in [0.05, 0.1) is 6.54 Å². The minimum absolute atomic E-state index is 0.0727. The summed E-state index contributed by atoms with van der Waals surface area (Å²) in [6.07, 6.45) is 0.737. The molecule has 0 fully saturated rings. The minimum Gasteiger partial charge on any atom is -0.373 e. The zero-order valence-electron chi connectivity index (χ0n) is 8.87. The molecule has 1 rings (SSSR count). The number of nitrogens with one attached hydrogen (secondary N) is 2. The maximum Gasteiger partial charge on any atom is 0.236 e. The average Bonchev–Trinajstić information content (AvgIpc) is 2.25. The molecule has 0 atom stereocenters. The molecule has 0 aromatic carbocycles. The predicted molar refractivity (Wildman–Crippen MR) is 58.6 cm³/mol. The summed E-state index contributed by atoms with van der Waals surface area (Å²) >= 11 is 0. The van der Waals surface area contributed by atoms with Gasteiger partial charge in [-0.15, -0.1) is 0 Å². The molecule has 0 aliphatic rings. The van der Waals surface area contributed by atoms with E-state index in [-0.39, 0.29) is 6.54 Å². The topological polar surface area (TPSA) is 92.9 Å². The van der Waals surface area contributed by atoms with E-state index in [2.05, 4.69) is 20.6 Å². The number of nitrogens with zero attached hydrogens (tertiary/aromatic N) is 2. The highest BCUT2D eigenvalue weighted by Crippen LogP contribution is 2.10. The quantitative estimate of drug-likeness (QED) is 0.633. The van der Waals surface area contributed by atoms with Crippen molar-refractivity contribution >= 4 is 17.5 Å². The lowest BCUT2D eigenvalue weighted by Gasteiger charge is -2.07. The smallest absolute Gasteiger partial charge is 0.236 e. The molecule has 15 heavy (non-hydrogen) atoms. The van der Waals surface area contributed by atoms with E-state index in [4.69, 9.17) is 5.73 Å². The number of carbonyl (C=O) groups excluding carboxylic acids is 1. The van der Waals surface area contributed by atoms with Gasteiger partial charge in [-0.1, -0.05) is 6.92 Å². The van der Waals surface area contributed by atoms with Crippen molar-refractivity contribution < 1.29 is 4.79 Å². The van der Waals surface area contributed by atoms with Crippen LogP contribution < -0.4 is 16.4 Å². The number of nitrogens with two attached hydrogens (primary N) is 1. The fraction of sp³-hybridized carbons (Fsp3) is 0.444. The molecule has 0 saturated heterocycles. The number of aromatic nitrogens is 2. The highest BCUT2D eigenvalue weighted by atomic mass is 16.1. The summed E-state index contributed by atoms with van der Waals surface area (Å²) in [4.78, 5) is 19.0. The molecular weight excluding hydrogens is 194 g/mol. The van der Waals surface area contributed by atoms with E-state index in [0.29, 0.717) is 17.5 Å². The lowest BCUT2D eigenvalue weighted by molar-refractivity contribution is -0.116. The van der Waals surface area contributed by atoms with Crippen LogP contribution in [0.2, 0.25) is 0 Å². The van der Waals surface area contributed by atoms with Gasteiger partial charge in [-0.25, -0.2) is 9.97 Å². The Kier molecular flexibility index (Phi) is 3.84. The molecule has 1 aromatic rings. The number of primary amides is 1. The van der Waals surface area contributed by atoms with Crippen molar-refractivity contribution in [3.8, 4) is 0 Å². The van der Waals surface area contributed by atoms with Gasteiger partial charge in [0.2, 0.25) is 5.91 Å². The summed E-state index contributed by atoms with van der Waals surface area (Å²) < 4.78 is 0. The maximum atomic E-state index is 10.6. The first-order valence-electron chi connectivity index (χ1n) is 4.73. The molecule has 0 saturated carbocycles. The number of amides is 1. The predicted octanol–water partition coefficient (Wildman–Crippen LogP) is -0.0221. The molecule has 4 N–H and O–H groups in total. The second-order valence-electron chi connectivity index (χ2n) is 2.98. The van der Waals surface area contributed by atoms with E-state index >= 15 is 0 Å². The molecule has 1 heterocycles. The summed E-state index contributed by atoms with van der Waals surface area (Å²) in [5.74, 6) is 1.62. The Bertz CT molecular complexity index is 330. The Hall–Kier alpha value is -1.85. The third-order valence-electron chi connectivity index (χ3n) is 1.79. The Labute approximate surface area is 88.3 Å². The number of anilines is 2. The normalized spacial score (nSPS) is 9.73. The minimum atomic E-state index is -0.419. The number of hydrogen-bond acceptors (Lipinski definition) is 5. The van der Waals surface area contributed by atoms with Gasteiger partial charge in [-0.05, 0) is 0 Å². The van der Waals surface area contributed by atoms with E-state index in [1.54, 1.807) is 13.1 Å². The summed E-state index contributed by atoms with van der Waals surface area (Å²) in [5, 5.41) is 5.75. The van der Waals surface area contributed by atoms with Crippen molar-refractivity contribution in [1.82, 2.24) is 9.97 Å². The molecule has 6 nitrogen and oxygen atoms in total. The average molecular weight is 209 g/mol. The van der Waals surface area contributed by atoms with Gasteiger partial charge >= 0.3 is 0 Å². The van der Waals surface area contributed by atoms with Gasteiger partial charge in [-0.2, -0.15) is 0 Å². The first-order valence-corrected chi connectivity index (χ1v) is 4.73. The Morgan fingerprint density at radius 2 is 2.13 bits per heavy atom. The van der Waals surface area contributed by atoms with Crippen LogP contribution in [0.25, 0.3) is 0 Å². The summed E-state index contributed by atoms with van der Waals surface area (Å²) in [6, 6.07) is 1.72. The van der Waals surface area contributed by atoms with Crippen LogP contribution in [0.15, 0.2) is 6.07 Å². The summed E-state index contributed by atoms with van der Waals surface area (Å²) in [6.45, 7) is 2.04. The number of aryl methyl sites for hydroxylation is 1. The van der Waals surface area contributed by atoms with Crippen molar-refractivity contribution in [3.05, 3.63) is 11.9 Å². The van der Waals surface area contributed by atoms with Gasteiger partial charge in [0, 0.05) is 19.5 Å². The summed E-state index contributed by atoms with van der Waals surface area (Å²) in [7, 11) is 1.78. The second kappa shape index (κ2) is 5.14. The molecule has 0 unspecified atom stereocenters. The zero-order valence-corrected chi connectivity index (χ0v) is 8.87. The van der Waals surface area contributed by atoms with E-state index in [1.807, 2.05) is 6.92 Å². The van der Waals surface area contributed by atoms with Crippen LogP contribution in [0.4, 0.5) is 11.6 Å². The summed E-state index contributed by atoms with van der Waals surface area (Å²) in [5.41, 5.74) is 5.02. The first kappa shape index (κ1) is 11.2. The maximum absolute atomic E-state index is 10.6. The molecule has 82 valence electrons. The monoisotopic (exact) mass is 209 g/mol. The van der Waals surface area contributed by atoms with Crippen molar-refractivity contribution in [1.29, 1.82) is 0 Å². The standard InChI is InChI=1S/C9H15N5O/c1-3-7-13-8(11-2)4-9(14-7)12-5-6(10)15/h4H,3,5H2,1-2H3,(H2,10,15)(H2,11,12,13,14). The van der Waals surface area contributed by atoms with Crippen LogP contribution >= 0.6 is 0 Å². The molecule has 6 heteroatoms. The lowest BCUT2D eigenvalue weighted by Crippen LogP contribution is -2.22. The van der Waals surface area contributed by atoms with Crippen LogP contribution in [0.3, 0.4) is 0 Å². The van der Waals surface area contributed by atoms with Gasteiger partial charge < -0.3 is 16.4 Å². The van der Waals surface area contributed by atoms with Crippen molar-refractivity contribution in [2.45, 2.75) is 13.3 Å². The molecule has 1 aromatic heterocycles. The number of carbonyl (C=O) groups is 1. The SMILES string of the molecule is CCc1nc(NC)cc(NCC(N)=O)n1. The van der Waals surface area contributed by atoms with Crippen LogP contribution in [0.1, 0.15) is 12.7 Å². The third kappa shape index (κ3) is 3.41. The van der Waals surface area contributed by atoms with E-state index in [0.717, 1.165) is 6.42 Å². The van der Waals surface area contributed by atoms with Crippen LogP contribution in [0.5, 0.6) is 0 Å². The van der Waals surface area contributed by atoms with Crippen LogP contribution in [0, 0.1) is 0 Å². The van der Waals surface area contributed by atoms with Gasteiger partial charge in [0.15, 0.2) is 0 Å². The molecule has 0 spiro atoms. The van der Waals surface area contributed by atoms with Crippen LogP contribution in [-0.2, 0) is 11.2 Å². The Morgan fingerprint density at radius 3 is 2.67 bits per heavy atom. The van der Waals surface area contributed by atoms with Crippen LogP contribution in [-0.4, -0.2) is 29.5 Å². The van der Waals surface area contributed by atoms with Gasteiger partial charge in [0.1, 0.15) is 17.5 Å².